The molecule has 0 aromatic carbocycles. The van der Waals surface area contributed by atoms with E-state index < -0.39 is 308 Å². The molecular weight excluding hydrogens is 1690 g/mol. The summed E-state index contributed by atoms with van der Waals surface area (Å²) < 4.78 is 72.6. The molecule has 6 rings (SSSR count). The first-order valence-electron chi connectivity index (χ1n) is 45.4. The summed E-state index contributed by atoms with van der Waals surface area (Å²) in [5.74, 6) is -16.5. The lowest BCUT2D eigenvalue weighted by Crippen LogP contribution is -2.72. The molecule has 0 aliphatic carbocycles. The Morgan fingerprint density at radius 1 is 0.441 bits per heavy atom. The van der Waals surface area contributed by atoms with Gasteiger partial charge in [-0.15, -0.1) is 0 Å². The van der Waals surface area contributed by atoms with Crippen LogP contribution in [0.15, 0.2) is 12.2 Å². The maximum Gasteiger partial charge on any atom is 0.364 e. The van der Waals surface area contributed by atoms with E-state index in [9.17, 15) is 136 Å². The molecule has 34 atom stereocenters. The van der Waals surface area contributed by atoms with Gasteiger partial charge in [-0.05, 0) is 45.4 Å². The highest BCUT2D eigenvalue weighted by Crippen LogP contribution is 2.44. The Bertz CT molecular complexity index is 3190. The van der Waals surface area contributed by atoms with E-state index in [1.807, 2.05) is 0 Å². The molecule has 127 heavy (non-hydrogen) atoms. The Kier molecular flexibility index (Phi) is 49.6. The molecule has 6 fully saturated rings. The van der Waals surface area contributed by atoms with Gasteiger partial charge in [-0.3, -0.25) is 14.4 Å². The minimum absolute atomic E-state index is 0.103. The van der Waals surface area contributed by atoms with Crippen molar-refractivity contribution in [2.45, 2.75) is 435 Å². The average molecular weight is 1840 g/mol. The summed E-state index contributed by atoms with van der Waals surface area (Å²) >= 11 is 0. The Hall–Kier alpha value is -4.48. The van der Waals surface area contributed by atoms with Gasteiger partial charge in [0.25, 0.3) is 11.6 Å². The average Bonchev–Trinajstić information content (AvgIpc) is 0.733. The fourth-order valence-corrected chi connectivity index (χ4v) is 17.2. The van der Waals surface area contributed by atoms with Crippen molar-refractivity contribution >= 4 is 35.4 Å². The summed E-state index contributed by atoms with van der Waals surface area (Å²) in [5.41, 5.74) is 0. The van der Waals surface area contributed by atoms with E-state index in [0.717, 1.165) is 111 Å². The second-order valence-electron chi connectivity index (χ2n) is 34.6. The molecule has 0 bridgehead atoms. The number of allylic oxidation sites excluding steroid dienone is 2. The van der Waals surface area contributed by atoms with Crippen molar-refractivity contribution in [3.8, 4) is 0 Å². The normalized spacial score (nSPS) is 35.1. The summed E-state index contributed by atoms with van der Waals surface area (Å²) in [4.78, 5) is 80.5. The molecule has 6 aliphatic heterocycles. The first-order chi connectivity index (χ1) is 60.6. The van der Waals surface area contributed by atoms with Gasteiger partial charge in [0.05, 0.1) is 88.8 Å². The number of hydrogen-bond acceptors (Lipinski definition) is 37. The Morgan fingerprint density at radius 2 is 0.874 bits per heavy atom. The molecule has 42 heteroatoms. The smallest absolute Gasteiger partial charge is 0.364 e. The first-order valence-corrected chi connectivity index (χ1v) is 45.4. The van der Waals surface area contributed by atoms with E-state index >= 15 is 0 Å². The van der Waals surface area contributed by atoms with Crippen molar-refractivity contribution in [3.63, 3.8) is 0 Å². The van der Waals surface area contributed by atoms with Crippen LogP contribution in [-0.4, -0.2) is 390 Å². The van der Waals surface area contributed by atoms with Crippen molar-refractivity contribution in [2.75, 3.05) is 46.2 Å². The van der Waals surface area contributed by atoms with Crippen LogP contribution < -0.4 is 16.0 Å². The minimum atomic E-state index is -3.67. The lowest BCUT2D eigenvalue weighted by Gasteiger charge is -2.53. The van der Waals surface area contributed by atoms with Crippen LogP contribution in [0.3, 0.4) is 0 Å². The van der Waals surface area contributed by atoms with Gasteiger partial charge in [-0.1, -0.05) is 161 Å². The number of hydrogen-bond donors (Lipinski definition) is 24. The lowest BCUT2D eigenvalue weighted by molar-refractivity contribution is -0.407. The number of carboxylic acid groups (broad SMARTS) is 2. The van der Waals surface area contributed by atoms with E-state index in [-0.39, 0.29) is 12.8 Å². The topological polar surface area (TPSA) is 674 Å². The van der Waals surface area contributed by atoms with Gasteiger partial charge in [0.2, 0.25) is 17.7 Å². The fourth-order valence-electron chi connectivity index (χ4n) is 17.2. The van der Waals surface area contributed by atoms with E-state index in [1.165, 1.54) is 64.2 Å². The molecule has 6 heterocycles. The number of aliphatic hydroxyl groups excluding tert-OH is 19. The third-order valence-electron chi connectivity index (χ3n) is 24.4. The largest absolute Gasteiger partial charge is 0.477 e. The highest BCUT2D eigenvalue weighted by Gasteiger charge is 2.64. The molecule has 0 saturated carbocycles. The number of Topliss-reactive ketones (excluding diaryl/α,β-unsaturated/α-hetero) is 1. The van der Waals surface area contributed by atoms with E-state index in [4.69, 9.17) is 56.8 Å². The summed E-state index contributed by atoms with van der Waals surface area (Å²) in [6.07, 6.45) is -32.6. The molecule has 0 aromatic rings. The van der Waals surface area contributed by atoms with Crippen LogP contribution in [0.25, 0.3) is 0 Å². The Labute approximate surface area is 740 Å². The number of ether oxygens (including phenoxy) is 12. The molecule has 0 aromatic heterocycles. The number of nitrogens with one attached hydrogen (secondary N) is 3. The predicted molar refractivity (Wildman–Crippen MR) is 441 cm³/mol. The molecule has 738 valence electrons. The number of aliphatic carboxylic acids is 2. The van der Waals surface area contributed by atoms with Gasteiger partial charge < -0.3 is 185 Å². The number of ketones is 1. The van der Waals surface area contributed by atoms with Gasteiger partial charge >= 0.3 is 11.9 Å². The monoisotopic (exact) mass is 1840 g/mol. The number of unbranched alkanes of at least 4 members (excludes halogenated alkanes) is 23. The van der Waals surface area contributed by atoms with Gasteiger partial charge in [0, 0.05) is 45.4 Å². The number of amides is 3. The van der Waals surface area contributed by atoms with Gasteiger partial charge in [0.1, 0.15) is 128 Å². The highest BCUT2D eigenvalue weighted by atomic mass is 16.8. The SMILES string of the molecule is CCCCCCC=CCCCCCCCCCC(=O)N[C@@H](CO[C@@H]1O[C@H](CO)[C@@H](O[C@@H]2O[C@H](CO)[C@H](O[C@@H]3O[C@H](CO)[C@H](O)[C@H](O[C@@H]4O[C@H](CO)[C@H](O)[C@H](O)[C@H]4O)[C@H]3CC(C)=O)[C@H](O[C@]3(C(=O)O)C[C@H](O)[C@@H](NC(C)=O)C([C@H](O)[C@@H](CO)O[C@]4(C(=O)O)C[C@H](O)[C@@H](NC(C)=O)C([C@H](O)[C@H](O)CO)O4)O3)[C@H]2O)[C@H](O)[C@H]1O)[C@H](O)CCCCCCCCCCCCCCC. The summed E-state index contributed by atoms with van der Waals surface area (Å²) in [5, 5.41) is 245. The van der Waals surface area contributed by atoms with Crippen LogP contribution in [0, 0.1) is 5.92 Å². The zero-order valence-electron chi connectivity index (χ0n) is 73.7. The molecular formula is C85H149N3O39. The van der Waals surface area contributed by atoms with E-state index in [0.29, 0.717) is 12.8 Å². The third-order valence-corrected chi connectivity index (χ3v) is 24.4. The molecule has 3 amide bonds. The Morgan fingerprint density at radius 3 is 1.39 bits per heavy atom. The second kappa shape index (κ2) is 56.6. The maximum atomic E-state index is 14.4. The number of carboxylic acids is 2. The molecule has 6 aliphatic rings. The van der Waals surface area contributed by atoms with Crippen LogP contribution in [0.2, 0.25) is 0 Å². The van der Waals surface area contributed by atoms with Crippen LogP contribution in [0.5, 0.6) is 0 Å². The standard InChI is InChI=1S/C85H149N3O39/c1-6-8-10-12-14-16-18-20-21-23-25-27-29-31-33-35-60(102)88-50(51(98)34-32-30-28-26-24-22-19-17-15-13-11-9-7-2)45-116-79-70(110)68(108)73(58(43-93)119-79)122-81-71(111)77(74(59(44-94)120-81)123-78-49(36-46(3)95)72(65(105)56(41-91)117-78)121-80-69(109)67(107)64(104)55(40-90)118-80)127-85(83(114)115)38-53(100)62(87-48(5)97)76(126-85)66(106)57(42-92)124-84(82(112)113)37-52(99)61(86-47(4)96)75(125-84)63(103)54(101)39-89/h16,18,49-59,61-81,89-94,98-101,103-111H,6-15,17,19-45H2,1-5H3,(H,86,96)(H,87,97)(H,88,102)(H,112,113)(H,114,115)/t49-,50+,51-,52+,53+,54-,55-,56-,57-,58-,59-,61-,62-,63-,64+,65+,66-,67+,68-,69-,70-,71-,72-,73-,74+,75?,76?,77-,78+,79-,80+,81+,84-,85+/m1/s1. The van der Waals surface area contributed by atoms with Crippen LogP contribution in [0.1, 0.15) is 234 Å². The molecule has 24 N–H and O–H groups in total. The summed E-state index contributed by atoms with van der Waals surface area (Å²) in [6, 6.07) is -5.01. The van der Waals surface area contributed by atoms with Crippen LogP contribution in [0.4, 0.5) is 0 Å². The Balaban J connectivity index is 1.33. The second-order valence-corrected chi connectivity index (χ2v) is 34.6. The molecule has 0 radical (unpaired) electrons. The van der Waals surface area contributed by atoms with E-state index in [1.54, 1.807) is 0 Å². The zero-order valence-corrected chi connectivity index (χ0v) is 73.7. The lowest BCUT2D eigenvalue weighted by atomic mass is 9.86. The van der Waals surface area contributed by atoms with Crippen molar-refractivity contribution in [1.82, 2.24) is 16.0 Å². The van der Waals surface area contributed by atoms with Gasteiger partial charge in [0.15, 0.2) is 25.2 Å². The summed E-state index contributed by atoms with van der Waals surface area (Å²) in [6.45, 7) is -0.741. The maximum absolute atomic E-state index is 14.4. The van der Waals surface area contributed by atoms with Crippen molar-refractivity contribution < 1.29 is 193 Å². The first kappa shape index (κ1) is 111. The highest BCUT2D eigenvalue weighted by molar-refractivity contribution is 5.78. The minimum Gasteiger partial charge on any atom is -0.477 e. The quantitative estimate of drug-likeness (QED) is 0.0216. The zero-order chi connectivity index (χ0) is 93.8. The summed E-state index contributed by atoms with van der Waals surface area (Å²) in [7, 11) is 0. The van der Waals surface area contributed by atoms with Crippen LogP contribution >= 0.6 is 0 Å². The number of aliphatic hydroxyl groups is 19. The molecule has 6 saturated heterocycles. The molecule has 2 unspecified atom stereocenters. The molecule has 42 nitrogen and oxygen atoms in total. The number of rotatable bonds is 60. The van der Waals surface area contributed by atoms with Crippen LogP contribution in [-0.2, 0) is 85.6 Å². The van der Waals surface area contributed by atoms with Crippen molar-refractivity contribution in [3.05, 3.63) is 12.2 Å². The predicted octanol–water partition coefficient (Wildman–Crippen LogP) is -2.78. The van der Waals surface area contributed by atoms with Crippen molar-refractivity contribution in [1.29, 1.82) is 0 Å². The van der Waals surface area contributed by atoms with Gasteiger partial charge in [-0.2, -0.15) is 0 Å². The fraction of sp³-hybridized carbons (Fsp3) is 0.906. The van der Waals surface area contributed by atoms with Crippen molar-refractivity contribution in [2.24, 2.45) is 5.92 Å². The third kappa shape index (κ3) is 32.7. The number of carbonyl (C=O) groups is 6. The number of carbonyl (C=O) groups excluding carboxylic acids is 4. The molecule has 0 spiro atoms. The van der Waals surface area contributed by atoms with Gasteiger partial charge in [-0.25, -0.2) is 9.59 Å². The van der Waals surface area contributed by atoms with E-state index in [2.05, 4.69) is 41.9 Å².